The second-order valence-electron chi connectivity index (χ2n) is 7.52. The highest BCUT2D eigenvalue weighted by Crippen LogP contribution is 2.13. The molecule has 0 bridgehead atoms. The Kier molecular flexibility index (Phi) is 14.9. The standard InChI is InChI=1S/C21H41N2S/c1-2-3-4-5-6-7-8-9-10-11-12-13-14-15-16-22-17-19-23(21-24)20-18-22/h2-20H2,1H3. The molecule has 1 radical (unpaired) electrons. The van der Waals surface area contributed by atoms with E-state index in [0.29, 0.717) is 0 Å². The smallest absolute Gasteiger partial charge is 0.137 e. The first-order chi connectivity index (χ1) is 11.9. The molecule has 0 aromatic carbocycles. The molecule has 24 heavy (non-hydrogen) atoms. The lowest BCUT2D eigenvalue weighted by atomic mass is 10.0. The lowest BCUT2D eigenvalue weighted by Crippen LogP contribution is -2.45. The monoisotopic (exact) mass is 353 g/mol. The maximum Gasteiger partial charge on any atom is 0.137 e. The molecular formula is C21H41N2S. The molecule has 0 saturated carbocycles. The summed E-state index contributed by atoms with van der Waals surface area (Å²) in [6, 6.07) is 0. The van der Waals surface area contributed by atoms with Crippen molar-refractivity contribution < 1.29 is 0 Å². The van der Waals surface area contributed by atoms with Crippen LogP contribution in [0.2, 0.25) is 0 Å². The van der Waals surface area contributed by atoms with Gasteiger partial charge in [-0.3, -0.25) is 4.90 Å². The van der Waals surface area contributed by atoms with Crippen LogP contribution in [0.25, 0.3) is 0 Å². The summed E-state index contributed by atoms with van der Waals surface area (Å²) in [5.41, 5.74) is 2.83. The molecule has 1 heterocycles. The SMILES string of the molecule is CCCCCCCCCCCCCCCCN1CCN([C]=S)CC1. The van der Waals surface area contributed by atoms with Gasteiger partial charge in [-0.15, -0.1) is 0 Å². The predicted octanol–water partition coefficient (Wildman–Crippen LogP) is 5.92. The van der Waals surface area contributed by atoms with E-state index in [1.54, 1.807) is 0 Å². The largest absolute Gasteiger partial charge is 0.358 e. The van der Waals surface area contributed by atoms with Gasteiger partial charge in [0.15, 0.2) is 0 Å². The summed E-state index contributed by atoms with van der Waals surface area (Å²) < 4.78 is 0. The molecule has 0 unspecified atom stereocenters. The van der Waals surface area contributed by atoms with Gasteiger partial charge >= 0.3 is 0 Å². The number of hydrogen-bond acceptors (Lipinski definition) is 2. The normalized spacial score (nSPS) is 15.8. The molecule has 0 N–H and O–H groups in total. The summed E-state index contributed by atoms with van der Waals surface area (Å²) in [6.45, 7) is 8.06. The third-order valence-corrected chi connectivity index (χ3v) is 5.59. The van der Waals surface area contributed by atoms with Crippen LogP contribution in [-0.2, 0) is 0 Å². The van der Waals surface area contributed by atoms with Crippen LogP contribution in [0.5, 0.6) is 0 Å². The van der Waals surface area contributed by atoms with E-state index in [2.05, 4.69) is 22.2 Å². The van der Waals surface area contributed by atoms with E-state index in [-0.39, 0.29) is 0 Å². The molecule has 1 aliphatic heterocycles. The Balaban J connectivity index is 1.73. The van der Waals surface area contributed by atoms with E-state index >= 15 is 0 Å². The van der Waals surface area contributed by atoms with Crippen molar-refractivity contribution in [1.29, 1.82) is 0 Å². The van der Waals surface area contributed by atoms with Crippen LogP contribution in [0.15, 0.2) is 0 Å². The van der Waals surface area contributed by atoms with Gasteiger partial charge in [0.05, 0.1) is 0 Å². The molecule has 1 fully saturated rings. The van der Waals surface area contributed by atoms with Crippen molar-refractivity contribution in [3.8, 4) is 0 Å². The minimum Gasteiger partial charge on any atom is -0.358 e. The van der Waals surface area contributed by atoms with Crippen molar-refractivity contribution in [2.75, 3.05) is 32.7 Å². The molecule has 1 aliphatic rings. The molecule has 0 atom stereocenters. The maximum atomic E-state index is 4.87. The fraction of sp³-hybridized carbons (Fsp3) is 0.952. The van der Waals surface area contributed by atoms with Crippen LogP contribution in [0.4, 0.5) is 0 Å². The predicted molar refractivity (Wildman–Crippen MR) is 111 cm³/mol. The fourth-order valence-electron chi connectivity index (χ4n) is 3.59. The van der Waals surface area contributed by atoms with Crippen LogP contribution in [0.3, 0.4) is 0 Å². The van der Waals surface area contributed by atoms with Crippen molar-refractivity contribution in [2.45, 2.75) is 96.8 Å². The zero-order chi connectivity index (χ0) is 17.3. The van der Waals surface area contributed by atoms with Gasteiger partial charge in [0, 0.05) is 26.2 Å². The van der Waals surface area contributed by atoms with Gasteiger partial charge in [-0.25, -0.2) is 0 Å². The first-order valence-electron chi connectivity index (χ1n) is 10.7. The molecule has 0 aliphatic carbocycles. The average molecular weight is 354 g/mol. The number of nitrogens with zero attached hydrogens (tertiary/aromatic N) is 2. The first kappa shape index (κ1) is 21.9. The van der Waals surface area contributed by atoms with Gasteiger partial charge in [0.25, 0.3) is 0 Å². The number of thiocarbonyl (C=S) groups is 1. The van der Waals surface area contributed by atoms with Crippen LogP contribution < -0.4 is 0 Å². The van der Waals surface area contributed by atoms with Crippen LogP contribution >= 0.6 is 12.2 Å². The molecule has 2 nitrogen and oxygen atoms in total. The molecule has 3 heteroatoms. The Hall–Kier alpha value is -0.150. The van der Waals surface area contributed by atoms with Gasteiger partial charge < -0.3 is 4.90 Å². The third kappa shape index (κ3) is 12.2. The molecule has 1 saturated heterocycles. The summed E-state index contributed by atoms with van der Waals surface area (Å²) in [7, 11) is 0. The van der Waals surface area contributed by atoms with E-state index in [0.717, 1.165) is 13.1 Å². The molecule has 141 valence electrons. The lowest BCUT2D eigenvalue weighted by molar-refractivity contribution is 0.183. The molecule has 1 rings (SSSR count). The van der Waals surface area contributed by atoms with Crippen LogP contribution in [0, 0.1) is 0 Å². The highest BCUT2D eigenvalue weighted by molar-refractivity contribution is 7.78. The van der Waals surface area contributed by atoms with Crippen molar-refractivity contribution >= 4 is 17.7 Å². The van der Waals surface area contributed by atoms with Gasteiger partial charge in [0.1, 0.15) is 5.49 Å². The van der Waals surface area contributed by atoms with E-state index < -0.39 is 0 Å². The van der Waals surface area contributed by atoms with Gasteiger partial charge in [-0.1, -0.05) is 103 Å². The molecule has 0 aromatic heterocycles. The van der Waals surface area contributed by atoms with Gasteiger partial charge in [-0.2, -0.15) is 0 Å². The van der Waals surface area contributed by atoms with Crippen LogP contribution in [0.1, 0.15) is 96.8 Å². The third-order valence-electron chi connectivity index (χ3n) is 5.33. The van der Waals surface area contributed by atoms with E-state index in [4.69, 9.17) is 12.2 Å². The molecule has 0 amide bonds. The minimum atomic E-state index is 1.07. The fourth-order valence-corrected chi connectivity index (χ4v) is 3.78. The van der Waals surface area contributed by atoms with E-state index in [1.807, 2.05) is 0 Å². The first-order valence-corrected chi connectivity index (χ1v) is 11.1. The number of unbranched alkanes of at least 4 members (excludes halogenated alkanes) is 13. The minimum absolute atomic E-state index is 1.07. The Morgan fingerprint density at radius 2 is 1.04 bits per heavy atom. The summed E-state index contributed by atoms with van der Waals surface area (Å²) >= 11 is 4.87. The van der Waals surface area contributed by atoms with E-state index in [9.17, 15) is 0 Å². The van der Waals surface area contributed by atoms with Crippen molar-refractivity contribution in [2.24, 2.45) is 0 Å². The number of piperazine rings is 1. The average Bonchev–Trinajstić information content (AvgIpc) is 2.62. The molecular weight excluding hydrogens is 312 g/mol. The van der Waals surface area contributed by atoms with Gasteiger partial charge in [-0.05, 0) is 13.0 Å². The van der Waals surface area contributed by atoms with Crippen molar-refractivity contribution in [1.82, 2.24) is 9.80 Å². The lowest BCUT2D eigenvalue weighted by Gasteiger charge is -2.32. The van der Waals surface area contributed by atoms with Crippen molar-refractivity contribution in [3.63, 3.8) is 0 Å². The Bertz CT molecular complexity index is 275. The topological polar surface area (TPSA) is 6.48 Å². The highest BCUT2D eigenvalue weighted by Gasteiger charge is 2.13. The zero-order valence-corrected chi connectivity index (χ0v) is 17.1. The summed E-state index contributed by atoms with van der Waals surface area (Å²) in [5, 5.41) is 0. The van der Waals surface area contributed by atoms with Gasteiger partial charge in [0.2, 0.25) is 0 Å². The number of hydrogen-bond donors (Lipinski definition) is 0. The second-order valence-corrected chi connectivity index (χ2v) is 7.70. The zero-order valence-electron chi connectivity index (χ0n) is 16.2. The summed E-state index contributed by atoms with van der Waals surface area (Å²) in [6.07, 6.45) is 20.2. The quantitative estimate of drug-likeness (QED) is 0.251. The summed E-state index contributed by atoms with van der Waals surface area (Å²) in [5.74, 6) is 0. The van der Waals surface area contributed by atoms with Crippen LogP contribution in [-0.4, -0.2) is 48.0 Å². The highest BCUT2D eigenvalue weighted by atomic mass is 32.1. The molecule has 0 aromatic rings. The van der Waals surface area contributed by atoms with E-state index in [1.165, 1.54) is 110 Å². The Labute approximate surface area is 157 Å². The number of rotatable bonds is 16. The summed E-state index contributed by atoms with van der Waals surface area (Å²) in [4.78, 5) is 4.72. The second kappa shape index (κ2) is 16.3. The Morgan fingerprint density at radius 3 is 1.46 bits per heavy atom. The molecule has 0 spiro atoms. The maximum absolute atomic E-state index is 4.87. The Morgan fingerprint density at radius 1 is 0.625 bits per heavy atom. The van der Waals surface area contributed by atoms with Crippen molar-refractivity contribution in [3.05, 3.63) is 0 Å².